The third-order valence-corrected chi connectivity index (χ3v) is 5.76. The summed E-state index contributed by atoms with van der Waals surface area (Å²) in [7, 11) is 0. The van der Waals surface area contributed by atoms with Gasteiger partial charge in [0.05, 0.1) is 0 Å². The van der Waals surface area contributed by atoms with Crippen LogP contribution in [0.3, 0.4) is 0 Å². The van der Waals surface area contributed by atoms with Crippen molar-refractivity contribution in [3.63, 3.8) is 0 Å². The first-order valence-electron chi connectivity index (χ1n) is 8.40. The van der Waals surface area contributed by atoms with E-state index >= 15 is 0 Å². The van der Waals surface area contributed by atoms with Crippen molar-refractivity contribution in [3.05, 3.63) is 23.9 Å². The third-order valence-electron chi connectivity index (χ3n) is 5.76. The van der Waals surface area contributed by atoms with Gasteiger partial charge in [0.15, 0.2) is 5.69 Å². The van der Waals surface area contributed by atoms with E-state index in [9.17, 15) is 4.79 Å². The summed E-state index contributed by atoms with van der Waals surface area (Å²) < 4.78 is 0. The number of hydrogen-bond donors (Lipinski definition) is 1. The molecule has 1 N–H and O–H groups in total. The maximum Gasteiger partial charge on any atom is 0.354 e. The van der Waals surface area contributed by atoms with Crippen LogP contribution in [0.25, 0.3) is 0 Å². The van der Waals surface area contributed by atoms with Gasteiger partial charge in [-0.25, -0.2) is 9.78 Å². The normalized spacial score (nSPS) is 31.6. The summed E-state index contributed by atoms with van der Waals surface area (Å²) in [6.07, 6.45) is 5.73. The highest BCUT2D eigenvalue weighted by Gasteiger charge is 2.42. The molecule has 2 bridgehead atoms. The molecule has 2 aliphatic carbocycles. The predicted octanol–water partition coefficient (Wildman–Crippen LogP) is 2.09. The highest BCUT2D eigenvalue weighted by molar-refractivity contribution is 5.85. The topological polar surface area (TPSA) is 56.7 Å². The number of nitrogens with zero attached hydrogens (tertiary/aromatic N) is 3. The summed E-state index contributed by atoms with van der Waals surface area (Å²) in [4.78, 5) is 20.2. The molecule has 1 aliphatic heterocycles. The fourth-order valence-corrected chi connectivity index (χ4v) is 4.66. The summed E-state index contributed by atoms with van der Waals surface area (Å²) in [5, 5.41) is 9.06. The molecule has 2 saturated carbocycles. The number of piperazine rings is 1. The lowest BCUT2D eigenvalue weighted by Gasteiger charge is -2.41. The molecular formula is C17H23N3O2. The first-order valence-corrected chi connectivity index (χ1v) is 8.40. The van der Waals surface area contributed by atoms with E-state index in [0.29, 0.717) is 0 Å². The zero-order valence-corrected chi connectivity index (χ0v) is 12.8. The van der Waals surface area contributed by atoms with Gasteiger partial charge in [0.1, 0.15) is 5.82 Å². The number of carbonyl (C=O) groups is 1. The third kappa shape index (κ3) is 2.47. The van der Waals surface area contributed by atoms with Crippen LogP contribution < -0.4 is 4.90 Å². The summed E-state index contributed by atoms with van der Waals surface area (Å²) in [5.41, 5.74) is 0.132. The minimum Gasteiger partial charge on any atom is -0.477 e. The van der Waals surface area contributed by atoms with Crippen LogP contribution in [0.5, 0.6) is 0 Å². The molecule has 1 aromatic heterocycles. The Bertz CT molecular complexity index is 569. The van der Waals surface area contributed by atoms with Gasteiger partial charge in [-0.05, 0) is 43.2 Å². The minimum atomic E-state index is -0.956. The number of fused-ring (bicyclic) bond motifs is 2. The molecule has 5 nitrogen and oxygen atoms in total. The van der Waals surface area contributed by atoms with Gasteiger partial charge >= 0.3 is 5.97 Å². The van der Waals surface area contributed by atoms with Crippen LogP contribution in [0.2, 0.25) is 0 Å². The number of pyridine rings is 1. The SMILES string of the molecule is O=C(O)c1cccc(N2CCN(C3CC4CCC3C4)CC2)n1. The number of carboxylic acid groups (broad SMARTS) is 1. The molecule has 5 heteroatoms. The van der Waals surface area contributed by atoms with Gasteiger partial charge in [0.25, 0.3) is 0 Å². The van der Waals surface area contributed by atoms with Crippen molar-refractivity contribution in [1.29, 1.82) is 0 Å². The maximum atomic E-state index is 11.0. The molecular weight excluding hydrogens is 278 g/mol. The van der Waals surface area contributed by atoms with Crippen LogP contribution in [0.1, 0.15) is 36.2 Å². The van der Waals surface area contributed by atoms with Gasteiger partial charge < -0.3 is 10.0 Å². The van der Waals surface area contributed by atoms with E-state index in [4.69, 9.17) is 5.11 Å². The molecule has 1 aromatic rings. The van der Waals surface area contributed by atoms with Crippen LogP contribution in [0.4, 0.5) is 5.82 Å². The maximum absolute atomic E-state index is 11.0. The Morgan fingerprint density at radius 2 is 1.95 bits per heavy atom. The first-order chi connectivity index (χ1) is 10.7. The van der Waals surface area contributed by atoms with Crippen LogP contribution in [-0.2, 0) is 0 Å². The average Bonchev–Trinajstić information content (AvgIpc) is 3.18. The van der Waals surface area contributed by atoms with E-state index in [1.54, 1.807) is 12.1 Å². The van der Waals surface area contributed by atoms with E-state index in [1.165, 1.54) is 25.7 Å². The number of anilines is 1. The molecule has 0 amide bonds. The molecule has 22 heavy (non-hydrogen) atoms. The van der Waals surface area contributed by atoms with Crippen molar-refractivity contribution >= 4 is 11.8 Å². The largest absolute Gasteiger partial charge is 0.477 e. The fourth-order valence-electron chi connectivity index (χ4n) is 4.66. The van der Waals surface area contributed by atoms with Gasteiger partial charge in [-0.3, -0.25) is 4.90 Å². The Morgan fingerprint density at radius 3 is 2.59 bits per heavy atom. The van der Waals surface area contributed by atoms with E-state index in [2.05, 4.69) is 14.8 Å². The summed E-state index contributed by atoms with van der Waals surface area (Å²) in [5.74, 6) is 1.77. The van der Waals surface area contributed by atoms with Crippen molar-refractivity contribution in [2.75, 3.05) is 31.1 Å². The average molecular weight is 301 g/mol. The highest BCUT2D eigenvalue weighted by Crippen LogP contribution is 2.46. The molecule has 3 unspecified atom stereocenters. The van der Waals surface area contributed by atoms with Crippen LogP contribution in [0.15, 0.2) is 18.2 Å². The van der Waals surface area contributed by atoms with Gasteiger partial charge in [0, 0.05) is 32.2 Å². The number of hydrogen-bond acceptors (Lipinski definition) is 4. The van der Waals surface area contributed by atoms with Crippen molar-refractivity contribution in [1.82, 2.24) is 9.88 Å². The van der Waals surface area contributed by atoms with Crippen LogP contribution in [0, 0.1) is 11.8 Å². The molecule has 0 radical (unpaired) electrons. The summed E-state index contributed by atoms with van der Waals surface area (Å²) >= 11 is 0. The second-order valence-electron chi connectivity index (χ2n) is 6.95. The Kier molecular flexibility index (Phi) is 3.53. The van der Waals surface area contributed by atoms with E-state index in [1.807, 2.05) is 6.07 Å². The number of aromatic carboxylic acids is 1. The first kappa shape index (κ1) is 14.0. The smallest absolute Gasteiger partial charge is 0.354 e. The van der Waals surface area contributed by atoms with Gasteiger partial charge in [-0.2, -0.15) is 0 Å². The van der Waals surface area contributed by atoms with Gasteiger partial charge in [-0.1, -0.05) is 12.5 Å². The van der Waals surface area contributed by atoms with E-state index in [0.717, 1.165) is 49.9 Å². The zero-order chi connectivity index (χ0) is 15.1. The quantitative estimate of drug-likeness (QED) is 0.926. The molecule has 3 aliphatic rings. The second-order valence-corrected chi connectivity index (χ2v) is 6.95. The van der Waals surface area contributed by atoms with Crippen LogP contribution >= 0.6 is 0 Å². The minimum absolute atomic E-state index is 0.132. The number of rotatable bonds is 3. The fraction of sp³-hybridized carbons (Fsp3) is 0.647. The molecule has 0 spiro atoms. The number of aromatic nitrogens is 1. The van der Waals surface area contributed by atoms with E-state index in [-0.39, 0.29) is 5.69 Å². The summed E-state index contributed by atoms with van der Waals surface area (Å²) in [6.45, 7) is 4.05. The Hall–Kier alpha value is -1.62. The molecule has 118 valence electrons. The molecule has 3 atom stereocenters. The molecule has 2 heterocycles. The number of carboxylic acids is 1. The molecule has 3 fully saturated rings. The van der Waals surface area contributed by atoms with Gasteiger partial charge in [-0.15, -0.1) is 0 Å². The Balaban J connectivity index is 1.39. The Labute approximate surface area is 130 Å². The molecule has 0 aromatic carbocycles. The lowest BCUT2D eigenvalue weighted by atomic mass is 9.93. The highest BCUT2D eigenvalue weighted by atomic mass is 16.4. The lowest BCUT2D eigenvalue weighted by molar-refractivity contribution is 0.0690. The Morgan fingerprint density at radius 1 is 1.14 bits per heavy atom. The van der Waals surface area contributed by atoms with Gasteiger partial charge in [0.2, 0.25) is 0 Å². The van der Waals surface area contributed by atoms with Crippen molar-refractivity contribution < 1.29 is 9.90 Å². The van der Waals surface area contributed by atoms with Crippen molar-refractivity contribution in [2.45, 2.75) is 31.7 Å². The van der Waals surface area contributed by atoms with Crippen molar-refractivity contribution in [2.24, 2.45) is 11.8 Å². The predicted molar refractivity (Wildman–Crippen MR) is 84.2 cm³/mol. The van der Waals surface area contributed by atoms with Crippen molar-refractivity contribution in [3.8, 4) is 0 Å². The lowest BCUT2D eigenvalue weighted by Crippen LogP contribution is -2.52. The van der Waals surface area contributed by atoms with Crippen LogP contribution in [-0.4, -0.2) is 53.2 Å². The standard InChI is InChI=1S/C17H23N3O2/c21-17(22)14-2-1-3-16(18-14)20-8-6-19(7-9-20)15-11-12-4-5-13(15)10-12/h1-3,12-13,15H,4-11H2,(H,21,22). The molecule has 4 rings (SSSR count). The molecule has 1 saturated heterocycles. The summed E-state index contributed by atoms with van der Waals surface area (Å²) in [6, 6.07) is 6.06. The monoisotopic (exact) mass is 301 g/mol. The second kappa shape index (κ2) is 5.54. The zero-order valence-electron chi connectivity index (χ0n) is 12.8. The van der Waals surface area contributed by atoms with E-state index < -0.39 is 5.97 Å².